The van der Waals surface area contributed by atoms with E-state index < -0.39 is 0 Å². The summed E-state index contributed by atoms with van der Waals surface area (Å²) in [5.41, 5.74) is 0.946. The predicted octanol–water partition coefficient (Wildman–Crippen LogP) is 2.30. The highest BCUT2D eigenvalue weighted by Crippen LogP contribution is 2.39. The molecule has 0 saturated carbocycles. The van der Waals surface area contributed by atoms with Gasteiger partial charge in [-0.3, -0.25) is 0 Å². The van der Waals surface area contributed by atoms with Crippen molar-refractivity contribution in [1.82, 2.24) is 0 Å². The Morgan fingerprint density at radius 1 is 1.40 bits per heavy atom. The second-order valence-electron chi connectivity index (χ2n) is 3.01. The Bertz CT molecular complexity index is 354. The number of benzene rings is 1. The van der Waals surface area contributed by atoms with Crippen molar-refractivity contribution in [2.45, 2.75) is 6.61 Å². The van der Waals surface area contributed by atoms with Crippen molar-refractivity contribution in [2.24, 2.45) is 0 Å². The van der Waals surface area contributed by atoms with Gasteiger partial charge < -0.3 is 18.9 Å². The second kappa shape index (κ2) is 4.83. The van der Waals surface area contributed by atoms with E-state index in [-0.39, 0.29) is 13.6 Å². The van der Waals surface area contributed by atoms with Gasteiger partial charge in [-0.05, 0) is 12.1 Å². The lowest BCUT2D eigenvalue weighted by molar-refractivity contribution is -0.0397. The summed E-state index contributed by atoms with van der Waals surface area (Å²) < 4.78 is 21.7. The normalized spacial score (nSPS) is 13.2. The molecule has 0 atom stereocenters. The Morgan fingerprint density at radius 3 is 3.07 bits per heavy atom. The fraction of sp³-hybridized carbons (Fsp3) is 0.400. The third-order valence-electron chi connectivity index (χ3n) is 2.03. The molecule has 0 saturated heterocycles. The SMILES string of the molecule is COCOCc1c(Br)ccc2c1OCO2. The first-order valence-corrected chi connectivity index (χ1v) is 5.26. The van der Waals surface area contributed by atoms with Crippen LogP contribution in [0.4, 0.5) is 0 Å². The third kappa shape index (κ3) is 2.25. The number of methoxy groups -OCH3 is 1. The smallest absolute Gasteiger partial charge is 0.231 e. The topological polar surface area (TPSA) is 36.9 Å². The lowest BCUT2D eigenvalue weighted by Crippen LogP contribution is -1.99. The summed E-state index contributed by atoms with van der Waals surface area (Å²) in [6.45, 7) is 0.959. The zero-order chi connectivity index (χ0) is 10.7. The minimum absolute atomic E-state index is 0.261. The summed E-state index contributed by atoms with van der Waals surface area (Å²) in [5, 5.41) is 0. The Morgan fingerprint density at radius 2 is 2.27 bits per heavy atom. The number of hydrogen-bond acceptors (Lipinski definition) is 4. The molecule has 5 heteroatoms. The van der Waals surface area contributed by atoms with Crippen molar-refractivity contribution in [3.05, 3.63) is 22.2 Å². The standard InChI is InChI=1S/C10H11BrO4/c1-12-5-13-4-7-8(11)2-3-9-10(7)15-6-14-9/h2-3H,4-6H2,1H3. The van der Waals surface area contributed by atoms with Gasteiger partial charge in [0.25, 0.3) is 0 Å². The molecule has 82 valence electrons. The van der Waals surface area contributed by atoms with Crippen molar-refractivity contribution >= 4 is 15.9 Å². The van der Waals surface area contributed by atoms with E-state index in [2.05, 4.69) is 15.9 Å². The van der Waals surface area contributed by atoms with E-state index in [4.69, 9.17) is 18.9 Å². The van der Waals surface area contributed by atoms with Crippen LogP contribution >= 0.6 is 15.9 Å². The summed E-state index contributed by atoms with van der Waals surface area (Å²) in [4.78, 5) is 0. The maximum atomic E-state index is 5.37. The first kappa shape index (κ1) is 10.7. The summed E-state index contributed by atoms with van der Waals surface area (Å²) in [7, 11) is 1.59. The largest absolute Gasteiger partial charge is 0.454 e. The van der Waals surface area contributed by atoms with E-state index in [1.54, 1.807) is 7.11 Å². The van der Waals surface area contributed by atoms with Crippen LogP contribution in [-0.4, -0.2) is 20.7 Å². The van der Waals surface area contributed by atoms with E-state index >= 15 is 0 Å². The molecular weight excluding hydrogens is 264 g/mol. The van der Waals surface area contributed by atoms with E-state index in [1.807, 2.05) is 12.1 Å². The average molecular weight is 275 g/mol. The van der Waals surface area contributed by atoms with Crippen molar-refractivity contribution in [1.29, 1.82) is 0 Å². The van der Waals surface area contributed by atoms with Crippen LogP contribution in [-0.2, 0) is 16.1 Å². The van der Waals surface area contributed by atoms with Crippen LogP contribution in [0.5, 0.6) is 11.5 Å². The van der Waals surface area contributed by atoms with Gasteiger partial charge in [0.15, 0.2) is 11.5 Å². The minimum Gasteiger partial charge on any atom is -0.454 e. The molecule has 15 heavy (non-hydrogen) atoms. The molecule has 1 aromatic carbocycles. The zero-order valence-electron chi connectivity index (χ0n) is 8.29. The Hall–Kier alpha value is -0.780. The molecule has 0 aromatic heterocycles. The van der Waals surface area contributed by atoms with Crippen molar-refractivity contribution in [3.8, 4) is 11.5 Å². The first-order valence-electron chi connectivity index (χ1n) is 4.46. The van der Waals surface area contributed by atoms with Crippen LogP contribution in [0.1, 0.15) is 5.56 Å². The molecule has 0 bridgehead atoms. The molecular formula is C10H11BrO4. The number of hydrogen-bond donors (Lipinski definition) is 0. The van der Waals surface area contributed by atoms with Gasteiger partial charge in [0.05, 0.1) is 6.61 Å². The van der Waals surface area contributed by atoms with E-state index in [0.717, 1.165) is 21.5 Å². The molecule has 0 amide bonds. The predicted molar refractivity (Wildman–Crippen MR) is 56.9 cm³/mol. The van der Waals surface area contributed by atoms with E-state index in [0.29, 0.717) is 6.61 Å². The molecule has 0 N–H and O–H groups in total. The molecule has 2 rings (SSSR count). The zero-order valence-corrected chi connectivity index (χ0v) is 9.87. The first-order chi connectivity index (χ1) is 7.33. The Labute approximate surface area is 96.2 Å². The molecule has 0 spiro atoms. The number of halogens is 1. The molecule has 0 unspecified atom stereocenters. The van der Waals surface area contributed by atoms with Gasteiger partial charge in [-0.1, -0.05) is 15.9 Å². The van der Waals surface area contributed by atoms with Crippen molar-refractivity contribution in [3.63, 3.8) is 0 Å². The van der Waals surface area contributed by atoms with Gasteiger partial charge in [0.2, 0.25) is 6.79 Å². The Kier molecular flexibility index (Phi) is 3.45. The van der Waals surface area contributed by atoms with Crippen molar-refractivity contribution < 1.29 is 18.9 Å². The summed E-state index contributed by atoms with van der Waals surface area (Å²) in [6.07, 6.45) is 0. The van der Waals surface area contributed by atoms with Gasteiger partial charge in [0.1, 0.15) is 6.79 Å². The quantitative estimate of drug-likeness (QED) is 0.624. The van der Waals surface area contributed by atoms with Gasteiger partial charge >= 0.3 is 0 Å². The highest BCUT2D eigenvalue weighted by atomic mass is 79.9. The number of fused-ring (bicyclic) bond motifs is 1. The number of rotatable bonds is 4. The monoisotopic (exact) mass is 274 g/mol. The summed E-state index contributed by atoms with van der Waals surface area (Å²) in [5.74, 6) is 1.51. The molecule has 0 fully saturated rings. The van der Waals surface area contributed by atoms with Crippen molar-refractivity contribution in [2.75, 3.05) is 20.7 Å². The average Bonchev–Trinajstić information content (AvgIpc) is 2.69. The number of ether oxygens (including phenoxy) is 4. The maximum Gasteiger partial charge on any atom is 0.231 e. The van der Waals surface area contributed by atoms with Crippen LogP contribution in [0, 0.1) is 0 Å². The summed E-state index contributed by atoms with van der Waals surface area (Å²) >= 11 is 3.45. The summed E-state index contributed by atoms with van der Waals surface area (Å²) in [6, 6.07) is 3.78. The van der Waals surface area contributed by atoms with E-state index in [9.17, 15) is 0 Å². The van der Waals surface area contributed by atoms with E-state index in [1.165, 1.54) is 0 Å². The molecule has 0 aliphatic carbocycles. The van der Waals surface area contributed by atoms with Crippen LogP contribution in [0.15, 0.2) is 16.6 Å². The lowest BCUT2D eigenvalue weighted by atomic mass is 10.2. The molecule has 1 aromatic rings. The van der Waals surface area contributed by atoms with Gasteiger partial charge in [0, 0.05) is 17.1 Å². The third-order valence-corrected chi connectivity index (χ3v) is 2.78. The van der Waals surface area contributed by atoms with Crippen LogP contribution < -0.4 is 9.47 Å². The molecule has 1 aliphatic rings. The lowest BCUT2D eigenvalue weighted by Gasteiger charge is -2.08. The highest BCUT2D eigenvalue weighted by Gasteiger charge is 2.19. The molecule has 1 heterocycles. The van der Waals surface area contributed by atoms with Gasteiger partial charge in [-0.15, -0.1) is 0 Å². The van der Waals surface area contributed by atoms with Gasteiger partial charge in [-0.25, -0.2) is 0 Å². The minimum atomic E-state index is 0.261. The molecule has 1 aliphatic heterocycles. The molecule has 4 nitrogen and oxygen atoms in total. The second-order valence-corrected chi connectivity index (χ2v) is 3.87. The van der Waals surface area contributed by atoms with Gasteiger partial charge in [-0.2, -0.15) is 0 Å². The van der Waals surface area contributed by atoms with Crippen LogP contribution in [0.3, 0.4) is 0 Å². The maximum absolute atomic E-state index is 5.37. The molecule has 0 radical (unpaired) electrons. The fourth-order valence-corrected chi connectivity index (χ4v) is 1.79. The fourth-order valence-electron chi connectivity index (χ4n) is 1.37. The Balaban J connectivity index is 2.17. The highest BCUT2D eigenvalue weighted by molar-refractivity contribution is 9.10. The van der Waals surface area contributed by atoms with Crippen LogP contribution in [0.2, 0.25) is 0 Å². The van der Waals surface area contributed by atoms with Crippen LogP contribution in [0.25, 0.3) is 0 Å².